The standard InChI is InChI=1S/C23H27N3O4S/c1-16-9-10-20(24-17(2)27)14-22(16)31(29,30)26-15-19-8-4-3-7-18(19)13-21(26)23(28)25-11-5-6-12-25/h3-4,7-10,14,21H,5-6,11-13,15H2,1-2H3,(H,24,27)/t21-/m0/s1. The summed E-state index contributed by atoms with van der Waals surface area (Å²) in [5.74, 6) is -0.410. The lowest BCUT2D eigenvalue weighted by atomic mass is 9.95. The first-order valence-electron chi connectivity index (χ1n) is 10.5. The fraction of sp³-hybridized carbons (Fsp3) is 0.391. The predicted molar refractivity (Wildman–Crippen MR) is 118 cm³/mol. The predicted octanol–water partition coefficient (Wildman–Crippen LogP) is 2.69. The topological polar surface area (TPSA) is 86.8 Å². The third-order valence-corrected chi connectivity index (χ3v) is 8.00. The zero-order valence-corrected chi connectivity index (χ0v) is 18.6. The number of benzene rings is 2. The Balaban J connectivity index is 1.77. The van der Waals surface area contributed by atoms with Gasteiger partial charge in [0.1, 0.15) is 6.04 Å². The molecule has 0 saturated carbocycles. The fourth-order valence-corrected chi connectivity index (χ4v) is 6.21. The second-order valence-electron chi connectivity index (χ2n) is 8.23. The molecule has 8 heteroatoms. The Morgan fingerprint density at radius 2 is 1.71 bits per heavy atom. The highest BCUT2D eigenvalue weighted by atomic mass is 32.2. The van der Waals surface area contributed by atoms with Gasteiger partial charge in [0.25, 0.3) is 0 Å². The monoisotopic (exact) mass is 441 g/mol. The van der Waals surface area contributed by atoms with Crippen molar-refractivity contribution in [2.75, 3.05) is 18.4 Å². The summed E-state index contributed by atoms with van der Waals surface area (Å²) in [7, 11) is -3.98. The van der Waals surface area contributed by atoms with E-state index in [4.69, 9.17) is 0 Å². The van der Waals surface area contributed by atoms with Crippen molar-refractivity contribution in [3.8, 4) is 0 Å². The lowest BCUT2D eigenvalue weighted by Crippen LogP contribution is -2.53. The summed E-state index contributed by atoms with van der Waals surface area (Å²) in [6.45, 7) is 4.58. The number of nitrogens with zero attached hydrogens (tertiary/aromatic N) is 2. The van der Waals surface area contributed by atoms with Crippen molar-refractivity contribution in [3.63, 3.8) is 0 Å². The Hall–Kier alpha value is -2.71. The van der Waals surface area contributed by atoms with Gasteiger partial charge in [-0.2, -0.15) is 4.31 Å². The number of sulfonamides is 1. The van der Waals surface area contributed by atoms with Gasteiger partial charge in [0.05, 0.1) is 4.90 Å². The zero-order chi connectivity index (χ0) is 22.2. The minimum atomic E-state index is -3.98. The van der Waals surface area contributed by atoms with Gasteiger partial charge in [0.2, 0.25) is 21.8 Å². The van der Waals surface area contributed by atoms with E-state index < -0.39 is 16.1 Å². The van der Waals surface area contributed by atoms with Crippen LogP contribution in [0.4, 0.5) is 5.69 Å². The van der Waals surface area contributed by atoms with Crippen LogP contribution in [0.1, 0.15) is 36.5 Å². The maximum absolute atomic E-state index is 13.8. The summed E-state index contributed by atoms with van der Waals surface area (Å²) in [6.07, 6.45) is 2.24. The lowest BCUT2D eigenvalue weighted by molar-refractivity contribution is -0.134. The number of nitrogens with one attached hydrogen (secondary N) is 1. The van der Waals surface area contributed by atoms with Gasteiger partial charge in [-0.3, -0.25) is 9.59 Å². The molecule has 2 aromatic rings. The van der Waals surface area contributed by atoms with Crippen LogP contribution in [0.2, 0.25) is 0 Å². The van der Waals surface area contributed by atoms with Crippen molar-refractivity contribution >= 4 is 27.5 Å². The second kappa shape index (κ2) is 8.43. The molecule has 4 rings (SSSR count). The number of carbonyl (C=O) groups excluding carboxylic acids is 2. The van der Waals surface area contributed by atoms with Gasteiger partial charge in [0.15, 0.2) is 0 Å². The summed E-state index contributed by atoms with van der Waals surface area (Å²) < 4.78 is 29.0. The van der Waals surface area contributed by atoms with Crippen LogP contribution >= 0.6 is 0 Å². The molecule has 2 aliphatic heterocycles. The summed E-state index contributed by atoms with van der Waals surface area (Å²) in [5.41, 5.74) is 2.90. The highest BCUT2D eigenvalue weighted by Gasteiger charge is 2.42. The average Bonchev–Trinajstić information content (AvgIpc) is 3.28. The van der Waals surface area contributed by atoms with Gasteiger partial charge >= 0.3 is 0 Å². The molecule has 1 N–H and O–H groups in total. The molecular weight excluding hydrogens is 414 g/mol. The highest BCUT2D eigenvalue weighted by Crippen LogP contribution is 2.32. The molecule has 0 radical (unpaired) electrons. The zero-order valence-electron chi connectivity index (χ0n) is 17.8. The normalized spacial score (nSPS) is 19.2. The van der Waals surface area contributed by atoms with Crippen molar-refractivity contribution in [1.29, 1.82) is 0 Å². The van der Waals surface area contributed by atoms with Crippen LogP contribution in [0.15, 0.2) is 47.4 Å². The Bertz CT molecular complexity index is 1120. The van der Waals surface area contributed by atoms with Crippen LogP contribution in [-0.2, 0) is 32.6 Å². The molecule has 0 bridgehead atoms. The lowest BCUT2D eigenvalue weighted by Gasteiger charge is -2.37. The van der Waals surface area contributed by atoms with Crippen molar-refractivity contribution in [2.45, 2.75) is 50.6 Å². The Morgan fingerprint density at radius 1 is 1.03 bits per heavy atom. The fourth-order valence-electron chi connectivity index (χ4n) is 4.40. The first-order chi connectivity index (χ1) is 14.8. The molecule has 2 heterocycles. The van der Waals surface area contributed by atoms with E-state index in [0.717, 1.165) is 24.0 Å². The molecule has 2 amide bonds. The van der Waals surface area contributed by atoms with E-state index in [2.05, 4.69) is 5.32 Å². The molecule has 1 fully saturated rings. The molecule has 0 aliphatic carbocycles. The summed E-state index contributed by atoms with van der Waals surface area (Å²) in [5, 5.41) is 2.64. The van der Waals surface area contributed by atoms with Crippen LogP contribution in [0, 0.1) is 6.92 Å². The Morgan fingerprint density at radius 3 is 2.39 bits per heavy atom. The van der Waals surface area contributed by atoms with Gasteiger partial charge in [-0.1, -0.05) is 30.3 Å². The molecule has 0 aromatic heterocycles. The SMILES string of the molecule is CC(=O)Nc1ccc(C)c(S(=O)(=O)N2Cc3ccccc3C[C@H]2C(=O)N2CCCC2)c1. The van der Waals surface area contributed by atoms with E-state index in [-0.39, 0.29) is 23.3 Å². The molecule has 1 atom stereocenters. The summed E-state index contributed by atoms with van der Waals surface area (Å²) in [6, 6.07) is 11.7. The van der Waals surface area contributed by atoms with Gasteiger partial charge < -0.3 is 10.2 Å². The van der Waals surface area contributed by atoms with Gasteiger partial charge in [-0.25, -0.2) is 8.42 Å². The molecule has 164 valence electrons. The van der Waals surface area contributed by atoms with Crippen LogP contribution in [0.25, 0.3) is 0 Å². The number of rotatable bonds is 4. The number of likely N-dealkylation sites (tertiary alicyclic amines) is 1. The molecule has 7 nitrogen and oxygen atoms in total. The highest BCUT2D eigenvalue weighted by molar-refractivity contribution is 7.89. The molecule has 2 aromatic carbocycles. The smallest absolute Gasteiger partial charge is 0.244 e. The number of anilines is 1. The Labute approximate surface area is 183 Å². The summed E-state index contributed by atoms with van der Waals surface area (Å²) >= 11 is 0. The molecule has 2 aliphatic rings. The minimum absolute atomic E-state index is 0.109. The third-order valence-electron chi connectivity index (χ3n) is 6.00. The first kappa shape index (κ1) is 21.5. The third kappa shape index (κ3) is 4.22. The quantitative estimate of drug-likeness (QED) is 0.790. The molecule has 1 saturated heterocycles. The Kier molecular flexibility index (Phi) is 5.85. The number of amides is 2. The number of fused-ring (bicyclic) bond motifs is 1. The van der Waals surface area contributed by atoms with Crippen molar-refractivity contribution < 1.29 is 18.0 Å². The van der Waals surface area contributed by atoms with Crippen LogP contribution < -0.4 is 5.32 Å². The number of hydrogen-bond donors (Lipinski definition) is 1. The van der Waals surface area contributed by atoms with E-state index >= 15 is 0 Å². The minimum Gasteiger partial charge on any atom is -0.341 e. The summed E-state index contributed by atoms with van der Waals surface area (Å²) in [4.78, 5) is 26.7. The molecule has 0 unspecified atom stereocenters. The average molecular weight is 442 g/mol. The van der Waals surface area contributed by atoms with Gasteiger partial charge in [0, 0.05) is 32.2 Å². The van der Waals surface area contributed by atoms with Crippen molar-refractivity contribution in [1.82, 2.24) is 9.21 Å². The van der Waals surface area contributed by atoms with Gasteiger partial charge in [-0.05, 0) is 55.0 Å². The van der Waals surface area contributed by atoms with E-state index in [1.54, 1.807) is 24.0 Å². The number of hydrogen-bond acceptors (Lipinski definition) is 4. The molecular formula is C23H27N3O4S. The first-order valence-corrected chi connectivity index (χ1v) is 12.0. The van der Waals surface area contributed by atoms with Gasteiger partial charge in [-0.15, -0.1) is 0 Å². The van der Waals surface area contributed by atoms with Crippen LogP contribution in [0.5, 0.6) is 0 Å². The number of carbonyl (C=O) groups is 2. The molecule has 31 heavy (non-hydrogen) atoms. The maximum atomic E-state index is 13.8. The number of aryl methyl sites for hydroxylation is 1. The second-order valence-corrected chi connectivity index (χ2v) is 10.1. The van der Waals surface area contributed by atoms with Crippen molar-refractivity contribution in [3.05, 3.63) is 59.2 Å². The molecule has 0 spiro atoms. The van der Waals surface area contributed by atoms with E-state index in [1.807, 2.05) is 24.3 Å². The van der Waals surface area contributed by atoms with E-state index in [0.29, 0.717) is 30.8 Å². The van der Waals surface area contributed by atoms with E-state index in [9.17, 15) is 18.0 Å². The van der Waals surface area contributed by atoms with Crippen molar-refractivity contribution in [2.24, 2.45) is 0 Å². The maximum Gasteiger partial charge on any atom is 0.244 e. The van der Waals surface area contributed by atoms with E-state index in [1.165, 1.54) is 17.3 Å². The van der Waals surface area contributed by atoms with Crippen LogP contribution in [-0.4, -0.2) is 48.6 Å². The largest absolute Gasteiger partial charge is 0.341 e. The van der Waals surface area contributed by atoms with Crippen LogP contribution in [0.3, 0.4) is 0 Å².